The van der Waals surface area contributed by atoms with E-state index in [9.17, 15) is 26.7 Å². The average molecular weight is 718 g/mol. The molecule has 0 aliphatic carbocycles. The summed E-state index contributed by atoms with van der Waals surface area (Å²) in [4.78, 5) is 29.0. The second-order valence-electron chi connectivity index (χ2n) is 9.87. The molecule has 1 amide bonds. The Kier molecular flexibility index (Phi) is 14.8. The Bertz CT molecular complexity index is 1930. The van der Waals surface area contributed by atoms with Gasteiger partial charge in [0.15, 0.2) is 0 Å². The fourth-order valence-corrected chi connectivity index (χ4v) is 7.94. The number of aliphatic carboxylic acids is 1. The van der Waals surface area contributed by atoms with E-state index >= 15 is 0 Å². The summed E-state index contributed by atoms with van der Waals surface area (Å²) in [6.07, 6.45) is 1.20. The number of carboxylic acid groups (broad SMARTS) is 2. The lowest BCUT2D eigenvalue weighted by atomic mass is 9.98. The van der Waals surface area contributed by atoms with Crippen LogP contribution in [0.4, 0.5) is 11.4 Å². The van der Waals surface area contributed by atoms with Crippen molar-refractivity contribution in [3.8, 4) is 11.5 Å². The summed E-state index contributed by atoms with van der Waals surface area (Å²) in [5.41, 5.74) is 5.22. The van der Waals surface area contributed by atoms with Gasteiger partial charge in [-0.3, -0.25) is 23.0 Å². The van der Waals surface area contributed by atoms with Crippen molar-refractivity contribution in [3.05, 3.63) is 84.4 Å². The Morgan fingerprint density at radius 3 is 1.61 bits per heavy atom. The molecule has 49 heavy (non-hydrogen) atoms. The van der Waals surface area contributed by atoms with Gasteiger partial charge in [-0.1, -0.05) is 37.6 Å². The molecule has 264 valence electrons. The third kappa shape index (κ3) is 9.39. The van der Waals surface area contributed by atoms with Gasteiger partial charge in [-0.25, -0.2) is 16.8 Å². The van der Waals surface area contributed by atoms with E-state index in [0.29, 0.717) is 46.4 Å². The first-order valence-corrected chi connectivity index (χ1v) is 17.5. The van der Waals surface area contributed by atoms with Crippen LogP contribution in [-0.4, -0.2) is 73.2 Å². The Morgan fingerprint density at radius 2 is 1.22 bits per heavy atom. The molecule has 0 aromatic heterocycles. The van der Waals surface area contributed by atoms with Crippen molar-refractivity contribution in [2.75, 3.05) is 35.9 Å². The molecule has 0 aliphatic rings. The van der Waals surface area contributed by atoms with Crippen LogP contribution in [0.25, 0.3) is 10.8 Å². The summed E-state index contributed by atoms with van der Waals surface area (Å²) in [6.45, 7) is 2.63. The van der Waals surface area contributed by atoms with E-state index < -0.39 is 32.6 Å². The van der Waals surface area contributed by atoms with Crippen molar-refractivity contribution in [3.63, 3.8) is 0 Å². The number of carboxylic acids is 1. The predicted molar refractivity (Wildman–Crippen MR) is 185 cm³/mol. The van der Waals surface area contributed by atoms with Crippen LogP contribution < -0.4 is 23.8 Å². The number of methoxy groups -OCH3 is 2. The number of sulfonamides is 2. The van der Waals surface area contributed by atoms with Gasteiger partial charge in [0.2, 0.25) is 6.41 Å². The average Bonchev–Trinajstić information content (AvgIpc) is 3.08. The Morgan fingerprint density at radius 1 is 0.796 bits per heavy atom. The number of ether oxygens (including phenoxy) is 2. The Hall–Kier alpha value is -5.35. The molecule has 0 unspecified atom stereocenters. The smallest absolute Gasteiger partial charge is 0.324 e. The third-order valence-corrected chi connectivity index (χ3v) is 10.6. The van der Waals surface area contributed by atoms with Crippen molar-refractivity contribution in [2.24, 2.45) is 5.73 Å². The molecule has 4 aromatic rings. The van der Waals surface area contributed by atoms with Gasteiger partial charge in [-0.15, -0.1) is 0 Å². The molecule has 0 spiro atoms. The lowest BCUT2D eigenvalue weighted by molar-refractivity contribution is -0.135. The molecule has 0 heterocycles. The van der Waals surface area contributed by atoms with Gasteiger partial charge in [0.25, 0.3) is 26.5 Å². The SMILES string of the molecule is CCCc1cc(N(CC)S(=O)(=O)c2ccc(OC)cc2)c2ccccc2c1N(CC(=O)O)S(=O)(=O)c1ccc(OC)cc1.NC=O.O=CO. The number of nitrogens with two attached hydrogens (primary N) is 1. The fraction of sp³-hybridized carbons (Fsp3) is 0.242. The molecule has 14 nitrogen and oxygen atoms in total. The maximum absolute atomic E-state index is 14.0. The summed E-state index contributed by atoms with van der Waals surface area (Å²) >= 11 is 0. The first kappa shape index (κ1) is 39.8. The summed E-state index contributed by atoms with van der Waals surface area (Å²) < 4.78 is 68.4. The molecule has 4 N–H and O–H groups in total. The quantitative estimate of drug-likeness (QED) is 0.168. The van der Waals surface area contributed by atoms with Crippen molar-refractivity contribution in [2.45, 2.75) is 36.5 Å². The Balaban J connectivity index is 0.00000129. The van der Waals surface area contributed by atoms with Gasteiger partial charge in [0, 0.05) is 17.3 Å². The topological polar surface area (TPSA) is 211 Å². The van der Waals surface area contributed by atoms with Gasteiger partial charge < -0.3 is 25.4 Å². The summed E-state index contributed by atoms with van der Waals surface area (Å²) in [7, 11) is -5.46. The van der Waals surface area contributed by atoms with E-state index in [2.05, 4.69) is 5.73 Å². The highest BCUT2D eigenvalue weighted by molar-refractivity contribution is 7.93. The van der Waals surface area contributed by atoms with Crippen molar-refractivity contribution >= 4 is 61.0 Å². The summed E-state index contributed by atoms with van der Waals surface area (Å²) in [6, 6.07) is 20.2. The zero-order chi connectivity index (χ0) is 36.8. The fourth-order valence-electron chi connectivity index (χ4n) is 4.98. The predicted octanol–water partition coefficient (Wildman–Crippen LogP) is 4.11. The number of carbonyl (C=O) groups excluding carboxylic acids is 1. The molecule has 4 aromatic carbocycles. The van der Waals surface area contributed by atoms with Gasteiger partial charge in [0.1, 0.15) is 18.0 Å². The van der Waals surface area contributed by atoms with E-state index in [1.807, 2.05) is 6.92 Å². The van der Waals surface area contributed by atoms with Crippen molar-refractivity contribution in [1.29, 1.82) is 0 Å². The first-order chi connectivity index (χ1) is 23.3. The van der Waals surface area contributed by atoms with E-state index in [1.54, 1.807) is 49.4 Å². The molecule has 0 fully saturated rings. The molecule has 0 radical (unpaired) electrons. The second-order valence-corrected chi connectivity index (χ2v) is 13.6. The molecular formula is C33H39N3O11S2. The van der Waals surface area contributed by atoms with Gasteiger partial charge >= 0.3 is 5.97 Å². The number of nitrogens with zero attached hydrogens (tertiary/aromatic N) is 2. The number of hydrogen-bond acceptors (Lipinski definition) is 9. The number of amides is 1. The van der Waals surface area contributed by atoms with Gasteiger partial charge in [-0.2, -0.15) is 0 Å². The lowest BCUT2D eigenvalue weighted by Gasteiger charge is -2.30. The van der Waals surface area contributed by atoms with Crippen LogP contribution in [0.15, 0.2) is 88.7 Å². The number of aryl methyl sites for hydroxylation is 1. The van der Waals surface area contributed by atoms with Crippen LogP contribution in [0.1, 0.15) is 25.8 Å². The van der Waals surface area contributed by atoms with Crippen LogP contribution >= 0.6 is 0 Å². The number of benzene rings is 4. The first-order valence-electron chi connectivity index (χ1n) is 14.7. The molecule has 16 heteroatoms. The van der Waals surface area contributed by atoms with Crippen LogP contribution in [-0.2, 0) is 40.9 Å². The minimum Gasteiger partial charge on any atom is -0.497 e. The molecule has 0 bridgehead atoms. The third-order valence-electron chi connectivity index (χ3n) is 6.97. The molecule has 0 saturated heterocycles. The van der Waals surface area contributed by atoms with Crippen molar-refractivity contribution < 1.29 is 50.9 Å². The highest BCUT2D eigenvalue weighted by atomic mass is 32.2. The van der Waals surface area contributed by atoms with E-state index in [0.717, 1.165) is 4.31 Å². The minimum absolute atomic E-state index is 0.0648. The highest BCUT2D eigenvalue weighted by Crippen LogP contribution is 2.42. The largest absolute Gasteiger partial charge is 0.497 e. The van der Waals surface area contributed by atoms with E-state index in [4.69, 9.17) is 24.2 Å². The number of rotatable bonds is 13. The van der Waals surface area contributed by atoms with Crippen LogP contribution in [0.5, 0.6) is 11.5 Å². The summed E-state index contributed by atoms with van der Waals surface area (Å²) in [5.74, 6) is -0.383. The maximum atomic E-state index is 14.0. The number of primary amides is 1. The molecule has 4 rings (SSSR count). The van der Waals surface area contributed by atoms with E-state index in [1.165, 1.54) is 54.9 Å². The second kappa shape index (κ2) is 18.3. The normalized spacial score (nSPS) is 10.8. The standard InChI is InChI=1S/C31H34N2O8S2.CH3NO.CH2O2/c1-5-9-22-20-29(32(6-2)42(36,37)25-16-12-23(40-3)13-17-25)27-10-7-8-11-28(27)31(22)33(21-30(34)35)43(38,39)26-18-14-24(41-4)15-19-26;2*2-1-3/h7-8,10-20H,5-6,9,21H2,1-4H3,(H,34,35);1H,(H2,2,3);1H,(H,2,3). The summed E-state index contributed by atoms with van der Waals surface area (Å²) in [5, 5.41) is 17.6. The highest BCUT2D eigenvalue weighted by Gasteiger charge is 2.33. The number of carbonyl (C=O) groups is 3. The molecule has 0 atom stereocenters. The van der Waals surface area contributed by atoms with Gasteiger partial charge in [0.05, 0.1) is 35.4 Å². The van der Waals surface area contributed by atoms with Crippen LogP contribution in [0.3, 0.4) is 0 Å². The molecule has 0 aliphatic heterocycles. The maximum Gasteiger partial charge on any atom is 0.324 e. The molecular weight excluding hydrogens is 679 g/mol. The van der Waals surface area contributed by atoms with Crippen LogP contribution in [0.2, 0.25) is 0 Å². The zero-order valence-corrected chi connectivity index (χ0v) is 29.0. The monoisotopic (exact) mass is 717 g/mol. The van der Waals surface area contributed by atoms with Crippen LogP contribution in [0, 0.1) is 0 Å². The number of fused-ring (bicyclic) bond motifs is 1. The van der Waals surface area contributed by atoms with Gasteiger partial charge in [-0.05, 0) is 73.5 Å². The lowest BCUT2D eigenvalue weighted by Crippen LogP contribution is -2.37. The molecule has 0 saturated carbocycles. The minimum atomic E-state index is -4.37. The number of hydrogen-bond donors (Lipinski definition) is 3. The Labute approximate surface area is 285 Å². The number of anilines is 2. The van der Waals surface area contributed by atoms with E-state index in [-0.39, 0.29) is 34.9 Å². The van der Waals surface area contributed by atoms with Crippen molar-refractivity contribution in [1.82, 2.24) is 0 Å². The zero-order valence-electron chi connectivity index (χ0n) is 27.3.